The molecule has 1 saturated heterocycles. The number of hydrogen-bond donors (Lipinski definition) is 1. The van der Waals surface area contributed by atoms with Crippen molar-refractivity contribution in [2.45, 2.75) is 13.8 Å². The predicted octanol–water partition coefficient (Wildman–Crippen LogP) is 2.57. The molecule has 154 valence electrons. The van der Waals surface area contributed by atoms with Gasteiger partial charge in [0.1, 0.15) is 5.75 Å². The Bertz CT molecular complexity index is 926. The van der Waals surface area contributed by atoms with Crippen molar-refractivity contribution in [3.05, 3.63) is 42.9 Å². The van der Waals surface area contributed by atoms with Crippen molar-refractivity contribution in [2.24, 2.45) is 0 Å². The van der Waals surface area contributed by atoms with Crippen molar-refractivity contribution in [3.63, 3.8) is 0 Å². The summed E-state index contributed by atoms with van der Waals surface area (Å²) in [5.41, 5.74) is 2.86. The van der Waals surface area contributed by atoms with Crippen molar-refractivity contribution in [3.8, 4) is 17.0 Å². The Balaban J connectivity index is 1.48. The number of aromatic hydroxyl groups is 1. The number of phenolic OH excluding ortho intramolecular Hbond substituents is 1. The summed E-state index contributed by atoms with van der Waals surface area (Å²) in [6.45, 7) is 13.0. The number of imidazole rings is 1. The molecule has 3 heterocycles. The molecule has 1 aliphatic heterocycles. The molecular formula is C22H30N6O. The van der Waals surface area contributed by atoms with Gasteiger partial charge in [-0.05, 0) is 37.4 Å². The molecule has 0 saturated carbocycles. The van der Waals surface area contributed by atoms with Gasteiger partial charge in [0.25, 0.3) is 0 Å². The number of hydrogen-bond acceptors (Lipinski definition) is 6. The smallest absolute Gasteiger partial charge is 0.180 e. The van der Waals surface area contributed by atoms with E-state index >= 15 is 0 Å². The highest BCUT2D eigenvalue weighted by Gasteiger charge is 2.21. The molecule has 0 spiro atoms. The summed E-state index contributed by atoms with van der Waals surface area (Å²) in [5, 5.41) is 9.56. The molecule has 1 fully saturated rings. The van der Waals surface area contributed by atoms with Gasteiger partial charge in [-0.25, -0.2) is 9.97 Å². The number of anilines is 1. The van der Waals surface area contributed by atoms with Crippen molar-refractivity contribution >= 4 is 11.5 Å². The standard InChI is InChI=1S/C22H30N6O/c1-3-25(4-2)11-12-26-13-15-27(16-14-26)21-22-23-9-10-28(22)20(17-24-21)18-5-7-19(29)8-6-18/h5-10,17,29H,3-4,11-16H2,1-2H3. The number of aromatic nitrogens is 3. The van der Waals surface area contributed by atoms with Gasteiger partial charge in [-0.1, -0.05) is 13.8 Å². The zero-order valence-corrected chi connectivity index (χ0v) is 17.3. The van der Waals surface area contributed by atoms with Gasteiger partial charge in [0.2, 0.25) is 0 Å². The maximum absolute atomic E-state index is 9.56. The van der Waals surface area contributed by atoms with E-state index in [4.69, 9.17) is 4.98 Å². The molecule has 1 aromatic carbocycles. The number of likely N-dealkylation sites (N-methyl/N-ethyl adjacent to an activating group) is 1. The Hall–Kier alpha value is -2.64. The Kier molecular flexibility index (Phi) is 5.97. The molecule has 3 aromatic rings. The van der Waals surface area contributed by atoms with E-state index < -0.39 is 0 Å². The van der Waals surface area contributed by atoms with E-state index in [1.807, 2.05) is 30.7 Å². The Morgan fingerprint density at radius 2 is 1.72 bits per heavy atom. The summed E-state index contributed by atoms with van der Waals surface area (Å²) < 4.78 is 2.08. The summed E-state index contributed by atoms with van der Waals surface area (Å²) in [7, 11) is 0. The van der Waals surface area contributed by atoms with Gasteiger partial charge in [-0.3, -0.25) is 9.30 Å². The van der Waals surface area contributed by atoms with Crippen LogP contribution < -0.4 is 4.90 Å². The first-order chi connectivity index (χ1) is 14.2. The molecule has 1 aliphatic rings. The van der Waals surface area contributed by atoms with Gasteiger partial charge in [0.15, 0.2) is 11.5 Å². The summed E-state index contributed by atoms with van der Waals surface area (Å²) in [6, 6.07) is 7.20. The van der Waals surface area contributed by atoms with Gasteiger partial charge < -0.3 is 14.9 Å². The minimum Gasteiger partial charge on any atom is -0.508 e. The molecule has 0 unspecified atom stereocenters. The lowest BCUT2D eigenvalue weighted by atomic mass is 10.1. The fourth-order valence-corrected chi connectivity index (χ4v) is 3.98. The van der Waals surface area contributed by atoms with Gasteiger partial charge in [0, 0.05) is 57.2 Å². The largest absolute Gasteiger partial charge is 0.508 e. The van der Waals surface area contributed by atoms with E-state index in [0.717, 1.165) is 75.1 Å². The molecule has 29 heavy (non-hydrogen) atoms. The number of fused-ring (bicyclic) bond motifs is 1. The van der Waals surface area contributed by atoms with E-state index in [-0.39, 0.29) is 5.75 Å². The van der Waals surface area contributed by atoms with Crippen molar-refractivity contribution in [1.82, 2.24) is 24.2 Å². The highest BCUT2D eigenvalue weighted by Crippen LogP contribution is 2.27. The van der Waals surface area contributed by atoms with E-state index in [2.05, 4.69) is 37.9 Å². The molecule has 0 radical (unpaired) electrons. The van der Waals surface area contributed by atoms with E-state index in [1.54, 1.807) is 12.1 Å². The van der Waals surface area contributed by atoms with E-state index in [9.17, 15) is 5.11 Å². The van der Waals surface area contributed by atoms with Gasteiger partial charge in [-0.15, -0.1) is 0 Å². The second kappa shape index (κ2) is 8.80. The summed E-state index contributed by atoms with van der Waals surface area (Å²) in [4.78, 5) is 16.7. The fraction of sp³-hybridized carbons (Fsp3) is 0.455. The van der Waals surface area contributed by atoms with Crippen LogP contribution in [0.5, 0.6) is 5.75 Å². The topological polar surface area (TPSA) is 60.1 Å². The van der Waals surface area contributed by atoms with Crippen LogP contribution in [0.3, 0.4) is 0 Å². The molecular weight excluding hydrogens is 364 g/mol. The molecule has 2 aromatic heterocycles. The van der Waals surface area contributed by atoms with E-state index in [1.165, 1.54) is 0 Å². The predicted molar refractivity (Wildman–Crippen MR) is 117 cm³/mol. The van der Waals surface area contributed by atoms with Crippen LogP contribution in [0, 0.1) is 0 Å². The number of phenols is 1. The highest BCUT2D eigenvalue weighted by atomic mass is 16.3. The van der Waals surface area contributed by atoms with Gasteiger partial charge >= 0.3 is 0 Å². The highest BCUT2D eigenvalue weighted by molar-refractivity contribution is 5.71. The van der Waals surface area contributed by atoms with Crippen LogP contribution in [-0.2, 0) is 0 Å². The summed E-state index contributed by atoms with van der Waals surface area (Å²) in [5.74, 6) is 1.21. The van der Waals surface area contributed by atoms with Crippen LogP contribution in [0.2, 0.25) is 0 Å². The molecule has 0 aliphatic carbocycles. The third kappa shape index (κ3) is 4.21. The van der Waals surface area contributed by atoms with Crippen LogP contribution in [0.25, 0.3) is 16.9 Å². The van der Waals surface area contributed by atoms with Gasteiger partial charge in [0.05, 0.1) is 11.9 Å². The SMILES string of the molecule is CCN(CC)CCN1CCN(c2ncc(-c3ccc(O)cc3)n3ccnc23)CC1. The first-order valence-electron chi connectivity index (χ1n) is 10.5. The maximum Gasteiger partial charge on any atom is 0.180 e. The maximum atomic E-state index is 9.56. The van der Waals surface area contributed by atoms with E-state index in [0.29, 0.717) is 0 Å². The first kappa shape index (κ1) is 19.7. The second-order valence-corrected chi connectivity index (χ2v) is 7.49. The zero-order chi connectivity index (χ0) is 20.2. The van der Waals surface area contributed by atoms with Crippen molar-refractivity contribution in [2.75, 3.05) is 57.3 Å². The summed E-state index contributed by atoms with van der Waals surface area (Å²) >= 11 is 0. The van der Waals surface area contributed by atoms with Gasteiger partial charge in [-0.2, -0.15) is 0 Å². The third-order valence-electron chi connectivity index (χ3n) is 5.87. The summed E-state index contributed by atoms with van der Waals surface area (Å²) in [6.07, 6.45) is 5.71. The molecule has 7 nitrogen and oxygen atoms in total. The molecule has 4 rings (SSSR count). The lowest BCUT2D eigenvalue weighted by Gasteiger charge is -2.36. The zero-order valence-electron chi connectivity index (χ0n) is 17.3. The Morgan fingerprint density at radius 1 is 1.00 bits per heavy atom. The lowest BCUT2D eigenvalue weighted by molar-refractivity contribution is 0.206. The average Bonchev–Trinajstić information content (AvgIpc) is 3.25. The fourth-order valence-electron chi connectivity index (χ4n) is 3.98. The monoisotopic (exact) mass is 394 g/mol. The van der Waals surface area contributed by atoms with Crippen LogP contribution >= 0.6 is 0 Å². The van der Waals surface area contributed by atoms with Crippen LogP contribution in [0.1, 0.15) is 13.8 Å². The average molecular weight is 395 g/mol. The van der Waals surface area contributed by atoms with Crippen molar-refractivity contribution < 1.29 is 5.11 Å². The van der Waals surface area contributed by atoms with Crippen LogP contribution in [0.4, 0.5) is 5.82 Å². The van der Waals surface area contributed by atoms with Crippen LogP contribution in [0.15, 0.2) is 42.9 Å². The first-order valence-corrected chi connectivity index (χ1v) is 10.5. The Morgan fingerprint density at radius 3 is 2.41 bits per heavy atom. The molecule has 0 atom stereocenters. The normalized spacial score (nSPS) is 15.5. The number of rotatable bonds is 7. The number of piperazine rings is 1. The molecule has 0 bridgehead atoms. The molecule has 0 amide bonds. The quantitative estimate of drug-likeness (QED) is 0.665. The third-order valence-corrected chi connectivity index (χ3v) is 5.87. The number of benzene rings is 1. The lowest BCUT2D eigenvalue weighted by Crippen LogP contribution is -2.48. The molecule has 7 heteroatoms. The second-order valence-electron chi connectivity index (χ2n) is 7.49. The Labute approximate surface area is 172 Å². The van der Waals surface area contributed by atoms with Crippen LogP contribution in [-0.4, -0.2) is 81.6 Å². The minimum absolute atomic E-state index is 0.263. The number of nitrogens with zero attached hydrogens (tertiary/aromatic N) is 6. The minimum atomic E-state index is 0.263. The van der Waals surface area contributed by atoms with Crippen molar-refractivity contribution in [1.29, 1.82) is 0 Å². The molecule has 1 N–H and O–H groups in total.